The van der Waals surface area contributed by atoms with Gasteiger partial charge in [0.15, 0.2) is 12.3 Å². The van der Waals surface area contributed by atoms with Crippen LogP contribution in [0.5, 0.6) is 5.75 Å². The zero-order valence-corrected chi connectivity index (χ0v) is 17.6. The molecule has 1 aliphatic heterocycles. The van der Waals surface area contributed by atoms with Crippen molar-refractivity contribution >= 4 is 21.6 Å². The predicted octanol–water partition coefficient (Wildman–Crippen LogP) is 1.12. The summed E-state index contributed by atoms with van der Waals surface area (Å²) in [6, 6.07) is 8.24. The molecule has 3 rings (SSSR count). The minimum Gasteiger partial charge on any atom is -0.495 e. The largest absolute Gasteiger partial charge is 0.495 e. The standard InChI is InChI=1S/C20H27N3O5S/c1-22(14-16-7-6-12-28-16)15-20(24)21-18-13-17(8-9-19(18)27-2)29(25,26)23-10-4-3-5-11-23/h6-9,12-13H,3-5,10-11,14-15H2,1-2H3,(H,21,24)/p+1. The molecule has 0 radical (unpaired) electrons. The zero-order valence-electron chi connectivity index (χ0n) is 16.8. The summed E-state index contributed by atoms with van der Waals surface area (Å²) < 4.78 is 38.0. The summed E-state index contributed by atoms with van der Waals surface area (Å²) in [6.07, 6.45) is 4.37. The number of hydrogen-bond acceptors (Lipinski definition) is 5. The molecule has 2 N–H and O–H groups in total. The molecule has 8 nitrogen and oxygen atoms in total. The number of benzene rings is 1. The van der Waals surface area contributed by atoms with Crippen molar-refractivity contribution in [2.24, 2.45) is 0 Å². The van der Waals surface area contributed by atoms with Gasteiger partial charge in [0, 0.05) is 13.1 Å². The lowest BCUT2D eigenvalue weighted by atomic mass is 10.2. The molecule has 0 bridgehead atoms. The van der Waals surface area contributed by atoms with E-state index < -0.39 is 10.0 Å². The number of carbonyl (C=O) groups is 1. The smallest absolute Gasteiger partial charge is 0.279 e. The van der Waals surface area contributed by atoms with Crippen LogP contribution in [0, 0.1) is 0 Å². The number of hydrogen-bond donors (Lipinski definition) is 2. The van der Waals surface area contributed by atoms with Gasteiger partial charge in [0.2, 0.25) is 10.0 Å². The second-order valence-electron chi connectivity index (χ2n) is 7.27. The van der Waals surface area contributed by atoms with E-state index >= 15 is 0 Å². The van der Waals surface area contributed by atoms with E-state index in [-0.39, 0.29) is 17.3 Å². The molecule has 1 saturated heterocycles. The Labute approximate surface area is 171 Å². The number of carbonyl (C=O) groups excluding carboxylic acids is 1. The van der Waals surface area contributed by atoms with E-state index in [1.165, 1.54) is 23.5 Å². The first-order valence-electron chi connectivity index (χ1n) is 9.72. The van der Waals surface area contributed by atoms with Crippen molar-refractivity contribution in [1.82, 2.24) is 4.31 Å². The van der Waals surface area contributed by atoms with Crippen molar-refractivity contribution in [3.8, 4) is 5.75 Å². The second-order valence-corrected chi connectivity index (χ2v) is 9.20. The number of nitrogens with one attached hydrogen (secondary N) is 2. The molecule has 1 aromatic heterocycles. The van der Waals surface area contributed by atoms with Gasteiger partial charge in [-0.3, -0.25) is 4.79 Å². The molecule has 0 aliphatic carbocycles. The summed E-state index contributed by atoms with van der Waals surface area (Å²) in [5.74, 6) is 0.974. The fraction of sp³-hybridized carbons (Fsp3) is 0.450. The van der Waals surface area contributed by atoms with Crippen LogP contribution in [0.1, 0.15) is 25.0 Å². The van der Waals surface area contributed by atoms with Crippen molar-refractivity contribution in [3.05, 3.63) is 42.4 Å². The molecule has 1 aliphatic rings. The van der Waals surface area contributed by atoms with Crippen LogP contribution < -0.4 is 15.0 Å². The Morgan fingerprint density at radius 1 is 1.24 bits per heavy atom. The number of rotatable bonds is 8. The fourth-order valence-corrected chi connectivity index (χ4v) is 4.98. The van der Waals surface area contributed by atoms with Gasteiger partial charge in [0.1, 0.15) is 12.3 Å². The first-order chi connectivity index (χ1) is 13.9. The summed E-state index contributed by atoms with van der Waals surface area (Å²) in [7, 11) is -0.224. The number of amides is 1. The van der Waals surface area contributed by atoms with E-state index in [0.717, 1.165) is 29.9 Å². The monoisotopic (exact) mass is 422 g/mol. The topological polar surface area (TPSA) is 93.3 Å². The molecule has 2 heterocycles. The highest BCUT2D eigenvalue weighted by atomic mass is 32.2. The highest BCUT2D eigenvalue weighted by Crippen LogP contribution is 2.29. The average Bonchev–Trinajstić information content (AvgIpc) is 3.21. The van der Waals surface area contributed by atoms with Crippen molar-refractivity contribution in [1.29, 1.82) is 0 Å². The third kappa shape index (κ3) is 5.37. The molecule has 1 fully saturated rings. The van der Waals surface area contributed by atoms with Crippen LogP contribution in [0.2, 0.25) is 0 Å². The van der Waals surface area contributed by atoms with Crippen LogP contribution in [0.4, 0.5) is 5.69 Å². The van der Waals surface area contributed by atoms with Crippen LogP contribution in [0.25, 0.3) is 0 Å². The fourth-order valence-electron chi connectivity index (χ4n) is 3.44. The van der Waals surface area contributed by atoms with Crippen molar-refractivity contribution in [2.45, 2.75) is 30.7 Å². The molecule has 0 saturated carbocycles. The number of piperidine rings is 1. The number of nitrogens with zero attached hydrogens (tertiary/aromatic N) is 1. The maximum Gasteiger partial charge on any atom is 0.279 e. The SMILES string of the molecule is COc1ccc(S(=O)(=O)N2CCCCC2)cc1NC(=O)C[NH+](C)Cc1ccco1. The van der Waals surface area contributed by atoms with Gasteiger partial charge in [-0.1, -0.05) is 6.42 Å². The van der Waals surface area contributed by atoms with Crippen molar-refractivity contribution in [3.63, 3.8) is 0 Å². The summed E-state index contributed by atoms with van der Waals surface area (Å²) in [5, 5.41) is 2.79. The van der Waals surface area contributed by atoms with Gasteiger partial charge in [-0.15, -0.1) is 0 Å². The molecule has 1 amide bonds. The lowest BCUT2D eigenvalue weighted by molar-refractivity contribution is -0.886. The van der Waals surface area contributed by atoms with Gasteiger partial charge in [-0.25, -0.2) is 8.42 Å². The van der Waals surface area contributed by atoms with Gasteiger partial charge >= 0.3 is 0 Å². The van der Waals surface area contributed by atoms with E-state index in [4.69, 9.17) is 9.15 Å². The number of likely N-dealkylation sites (N-methyl/N-ethyl adjacent to an activating group) is 1. The third-order valence-electron chi connectivity index (χ3n) is 4.92. The van der Waals surface area contributed by atoms with Crippen LogP contribution in [-0.2, 0) is 21.4 Å². The second kappa shape index (κ2) is 9.43. The van der Waals surface area contributed by atoms with E-state index in [9.17, 15) is 13.2 Å². The lowest BCUT2D eigenvalue weighted by Crippen LogP contribution is -3.08. The van der Waals surface area contributed by atoms with Crippen LogP contribution in [0.15, 0.2) is 45.9 Å². The van der Waals surface area contributed by atoms with Gasteiger partial charge < -0.3 is 19.4 Å². The van der Waals surface area contributed by atoms with Crippen LogP contribution in [0.3, 0.4) is 0 Å². The zero-order chi connectivity index (χ0) is 20.9. The normalized spacial score (nSPS) is 16.3. The number of sulfonamides is 1. The Morgan fingerprint density at radius 3 is 2.66 bits per heavy atom. The first kappa shape index (κ1) is 21.4. The molecular weight excluding hydrogens is 394 g/mol. The first-order valence-corrected chi connectivity index (χ1v) is 11.2. The Morgan fingerprint density at radius 2 is 2.00 bits per heavy atom. The Hall–Kier alpha value is -2.36. The molecule has 1 unspecified atom stereocenters. The van der Waals surface area contributed by atoms with Gasteiger partial charge in [-0.2, -0.15) is 4.31 Å². The van der Waals surface area contributed by atoms with Gasteiger partial charge in [0.25, 0.3) is 5.91 Å². The lowest BCUT2D eigenvalue weighted by Gasteiger charge is -2.26. The minimum absolute atomic E-state index is 0.159. The summed E-state index contributed by atoms with van der Waals surface area (Å²) in [5.41, 5.74) is 0.349. The number of furan rings is 1. The molecule has 9 heteroatoms. The third-order valence-corrected chi connectivity index (χ3v) is 6.81. The van der Waals surface area contributed by atoms with Crippen molar-refractivity contribution < 1.29 is 27.3 Å². The Balaban J connectivity index is 1.72. The maximum absolute atomic E-state index is 12.9. The molecular formula is C20H28N3O5S+. The summed E-state index contributed by atoms with van der Waals surface area (Å²) in [6.45, 7) is 1.82. The predicted molar refractivity (Wildman–Crippen MR) is 108 cm³/mol. The molecule has 1 atom stereocenters. The Kier molecular flexibility index (Phi) is 6.94. The van der Waals surface area contributed by atoms with Gasteiger partial charge in [-0.05, 0) is 43.2 Å². The van der Waals surface area contributed by atoms with Crippen LogP contribution in [-0.4, -0.2) is 52.4 Å². The molecule has 2 aromatic rings. The number of methoxy groups -OCH3 is 1. The molecule has 1 aromatic carbocycles. The van der Waals surface area contributed by atoms with Gasteiger partial charge in [0.05, 0.1) is 31.0 Å². The van der Waals surface area contributed by atoms with E-state index in [0.29, 0.717) is 31.1 Å². The number of quaternary nitrogens is 1. The van der Waals surface area contributed by atoms with Crippen molar-refractivity contribution in [2.75, 3.05) is 39.1 Å². The van der Waals surface area contributed by atoms with Crippen LogP contribution >= 0.6 is 0 Å². The molecule has 29 heavy (non-hydrogen) atoms. The molecule has 0 spiro atoms. The maximum atomic E-state index is 12.9. The summed E-state index contributed by atoms with van der Waals surface area (Å²) in [4.78, 5) is 13.6. The molecule has 158 valence electrons. The van der Waals surface area contributed by atoms with E-state index in [1.54, 1.807) is 12.3 Å². The summed E-state index contributed by atoms with van der Waals surface area (Å²) >= 11 is 0. The average molecular weight is 423 g/mol. The Bertz CT molecular complexity index is 922. The van der Waals surface area contributed by atoms with E-state index in [2.05, 4.69) is 5.32 Å². The minimum atomic E-state index is -3.59. The number of ether oxygens (including phenoxy) is 1. The highest BCUT2D eigenvalue weighted by Gasteiger charge is 2.27. The highest BCUT2D eigenvalue weighted by molar-refractivity contribution is 7.89. The number of anilines is 1. The van der Waals surface area contributed by atoms with E-state index in [1.807, 2.05) is 19.2 Å². The quantitative estimate of drug-likeness (QED) is 0.665.